The quantitative estimate of drug-likeness (QED) is 0.720. The molecule has 1 nitrogen and oxygen atoms in total. The minimum Gasteiger partial charge on any atom is -0.487 e. The van der Waals surface area contributed by atoms with Crippen LogP contribution in [0.5, 0.6) is 5.75 Å². The molecule has 0 saturated carbocycles. The van der Waals surface area contributed by atoms with Crippen molar-refractivity contribution in [1.29, 1.82) is 0 Å². The maximum atomic E-state index is 5.49. The number of ether oxygens (including phenoxy) is 1. The predicted octanol–water partition coefficient (Wildman–Crippen LogP) is 3.13. The zero-order valence-electron chi connectivity index (χ0n) is 7.07. The molecule has 1 heterocycles. The van der Waals surface area contributed by atoms with E-state index in [0.717, 1.165) is 5.75 Å². The highest BCUT2D eigenvalue weighted by Gasteiger charge is 1.94. The number of hydrogen-bond donors (Lipinski definition) is 0. The van der Waals surface area contributed by atoms with Gasteiger partial charge >= 0.3 is 0 Å². The van der Waals surface area contributed by atoms with Crippen molar-refractivity contribution < 1.29 is 4.74 Å². The molecule has 0 aliphatic rings. The Balaban J connectivity index is 1.94. The van der Waals surface area contributed by atoms with Gasteiger partial charge in [0.1, 0.15) is 12.4 Å². The van der Waals surface area contributed by atoms with Crippen molar-refractivity contribution in [2.24, 2.45) is 0 Å². The first kappa shape index (κ1) is 8.32. The van der Waals surface area contributed by atoms with E-state index in [2.05, 4.69) is 5.38 Å². The number of hydrogen-bond acceptors (Lipinski definition) is 2. The van der Waals surface area contributed by atoms with E-state index in [0.29, 0.717) is 6.61 Å². The largest absolute Gasteiger partial charge is 0.487 e. The molecule has 1 radical (unpaired) electrons. The van der Waals surface area contributed by atoms with Crippen LogP contribution >= 0.6 is 11.3 Å². The Morgan fingerprint density at radius 1 is 1.15 bits per heavy atom. The summed E-state index contributed by atoms with van der Waals surface area (Å²) < 4.78 is 5.49. The van der Waals surface area contributed by atoms with Gasteiger partial charge in [-0.25, -0.2) is 0 Å². The maximum absolute atomic E-state index is 5.49. The minimum atomic E-state index is 0.619. The van der Waals surface area contributed by atoms with Gasteiger partial charge in [0, 0.05) is 0 Å². The summed E-state index contributed by atoms with van der Waals surface area (Å²) in [6.45, 7) is 0.619. The third kappa shape index (κ3) is 2.33. The summed E-state index contributed by atoms with van der Waals surface area (Å²) in [4.78, 5) is 0. The van der Waals surface area contributed by atoms with Crippen LogP contribution in [0.3, 0.4) is 0 Å². The number of benzene rings is 1. The Morgan fingerprint density at radius 3 is 2.69 bits per heavy atom. The first-order valence-electron chi connectivity index (χ1n) is 4.07. The van der Waals surface area contributed by atoms with Crippen molar-refractivity contribution in [3.63, 3.8) is 0 Å². The Hall–Kier alpha value is -1.28. The lowest BCUT2D eigenvalue weighted by Gasteiger charge is -2.02. The van der Waals surface area contributed by atoms with Gasteiger partial charge in [-0.05, 0) is 17.0 Å². The molecule has 0 atom stereocenters. The normalized spacial score (nSPS) is 9.85. The van der Waals surface area contributed by atoms with Gasteiger partial charge in [-0.15, -0.1) is 11.3 Å². The van der Waals surface area contributed by atoms with E-state index >= 15 is 0 Å². The van der Waals surface area contributed by atoms with Crippen molar-refractivity contribution in [2.75, 3.05) is 0 Å². The highest BCUT2D eigenvalue weighted by molar-refractivity contribution is 7.07. The average molecular weight is 189 g/mol. The minimum absolute atomic E-state index is 0.619. The molecular weight excluding hydrogens is 180 g/mol. The van der Waals surface area contributed by atoms with Crippen LogP contribution in [0.4, 0.5) is 0 Å². The fourth-order valence-corrected chi connectivity index (χ4v) is 1.54. The maximum Gasteiger partial charge on any atom is 0.139 e. The molecule has 13 heavy (non-hydrogen) atoms. The molecule has 0 aliphatic carbocycles. The lowest BCUT2D eigenvalue weighted by molar-refractivity contribution is 0.307. The molecule has 1 aromatic heterocycles. The van der Waals surface area contributed by atoms with E-state index in [9.17, 15) is 0 Å². The Labute approximate surface area is 81.6 Å². The average Bonchev–Trinajstić information content (AvgIpc) is 2.69. The zero-order valence-corrected chi connectivity index (χ0v) is 7.88. The van der Waals surface area contributed by atoms with E-state index < -0.39 is 0 Å². The van der Waals surface area contributed by atoms with E-state index in [1.54, 1.807) is 0 Å². The fourth-order valence-electron chi connectivity index (χ4n) is 1.03. The molecule has 2 heteroatoms. The molecule has 0 aliphatic heterocycles. The third-order valence-electron chi connectivity index (χ3n) is 1.68. The Bertz CT molecular complexity index is 340. The van der Waals surface area contributed by atoms with E-state index in [4.69, 9.17) is 4.74 Å². The van der Waals surface area contributed by atoms with Gasteiger partial charge in [0.15, 0.2) is 0 Å². The summed E-state index contributed by atoms with van der Waals surface area (Å²) in [5, 5.41) is 4.99. The second-order valence-electron chi connectivity index (χ2n) is 2.66. The summed E-state index contributed by atoms with van der Waals surface area (Å²) in [6, 6.07) is 12.0. The molecule has 0 bridgehead atoms. The molecular formula is C11H9OS. The van der Waals surface area contributed by atoms with Crippen LogP contribution < -0.4 is 4.74 Å². The Morgan fingerprint density at radius 2 is 2.00 bits per heavy atom. The van der Waals surface area contributed by atoms with Gasteiger partial charge in [-0.3, -0.25) is 0 Å². The molecule has 0 spiro atoms. The van der Waals surface area contributed by atoms with Gasteiger partial charge in [-0.2, -0.15) is 0 Å². The molecule has 65 valence electrons. The lowest BCUT2D eigenvalue weighted by atomic mass is 10.2. The molecule has 0 unspecified atom stereocenters. The summed E-state index contributed by atoms with van der Waals surface area (Å²) in [6.07, 6.45) is 0. The van der Waals surface area contributed by atoms with Crippen LogP contribution in [0.2, 0.25) is 0 Å². The summed E-state index contributed by atoms with van der Waals surface area (Å²) in [7, 11) is 0. The monoisotopic (exact) mass is 189 g/mol. The second kappa shape index (κ2) is 4.10. The smallest absolute Gasteiger partial charge is 0.139 e. The van der Waals surface area contributed by atoms with Crippen molar-refractivity contribution in [3.8, 4) is 5.75 Å². The highest BCUT2D eigenvalue weighted by Crippen LogP contribution is 2.15. The van der Waals surface area contributed by atoms with Crippen LogP contribution in [-0.4, -0.2) is 0 Å². The van der Waals surface area contributed by atoms with Gasteiger partial charge in [0.25, 0.3) is 0 Å². The van der Waals surface area contributed by atoms with Crippen LogP contribution in [0.15, 0.2) is 41.8 Å². The molecule has 0 N–H and O–H groups in total. The van der Waals surface area contributed by atoms with Crippen molar-refractivity contribution in [1.82, 2.24) is 0 Å². The van der Waals surface area contributed by atoms with Crippen LogP contribution in [0.25, 0.3) is 0 Å². The molecule has 2 aromatic rings. The Kier molecular flexibility index (Phi) is 2.62. The van der Waals surface area contributed by atoms with E-state index in [1.807, 2.05) is 41.8 Å². The molecule has 2 rings (SSSR count). The van der Waals surface area contributed by atoms with Crippen LogP contribution in [0.1, 0.15) is 5.56 Å². The van der Waals surface area contributed by atoms with Crippen molar-refractivity contribution in [3.05, 3.63) is 52.7 Å². The van der Waals surface area contributed by atoms with E-state index in [-0.39, 0.29) is 0 Å². The van der Waals surface area contributed by atoms with Gasteiger partial charge < -0.3 is 4.74 Å². The zero-order chi connectivity index (χ0) is 8.93. The van der Waals surface area contributed by atoms with Crippen LogP contribution in [0, 0.1) is 5.38 Å². The summed E-state index contributed by atoms with van der Waals surface area (Å²) >= 11 is 1.52. The van der Waals surface area contributed by atoms with E-state index in [1.165, 1.54) is 16.9 Å². The van der Waals surface area contributed by atoms with Gasteiger partial charge in [-0.1, -0.05) is 30.3 Å². The highest BCUT2D eigenvalue weighted by atomic mass is 32.1. The summed E-state index contributed by atoms with van der Waals surface area (Å²) in [5.74, 6) is 0.828. The second-order valence-corrected chi connectivity index (χ2v) is 3.37. The molecule has 1 aromatic carbocycles. The van der Waals surface area contributed by atoms with Gasteiger partial charge in [0.05, 0.1) is 5.38 Å². The first-order valence-corrected chi connectivity index (χ1v) is 4.95. The standard InChI is InChI=1S/C11H9OS/c1-2-4-10(5-3-1)8-12-11-6-7-13-9-11/h1-7H,8H2. The van der Waals surface area contributed by atoms with Crippen molar-refractivity contribution in [2.45, 2.75) is 6.61 Å². The topological polar surface area (TPSA) is 9.23 Å². The summed E-state index contributed by atoms with van der Waals surface area (Å²) in [5.41, 5.74) is 1.18. The lowest BCUT2D eigenvalue weighted by Crippen LogP contribution is -1.93. The predicted molar refractivity (Wildman–Crippen MR) is 53.9 cm³/mol. The van der Waals surface area contributed by atoms with Crippen LogP contribution in [-0.2, 0) is 6.61 Å². The number of rotatable bonds is 3. The van der Waals surface area contributed by atoms with Gasteiger partial charge in [0.2, 0.25) is 0 Å². The third-order valence-corrected chi connectivity index (χ3v) is 2.28. The molecule has 0 amide bonds. The number of thiophene rings is 1. The molecule has 0 fully saturated rings. The molecule has 0 saturated heterocycles. The first-order chi connectivity index (χ1) is 6.45. The SMILES string of the molecule is [c]1sccc1OCc1ccccc1. The fraction of sp³-hybridized carbons (Fsp3) is 0.0909. The van der Waals surface area contributed by atoms with Crippen molar-refractivity contribution >= 4 is 11.3 Å².